The van der Waals surface area contributed by atoms with Crippen LogP contribution in [0.1, 0.15) is 6.42 Å². The molecule has 1 fully saturated rings. The fraction of sp³-hybridized carbons (Fsp3) is 0.263. The molecule has 0 saturated carbocycles. The van der Waals surface area contributed by atoms with Crippen LogP contribution in [0.5, 0.6) is 17.2 Å². The van der Waals surface area contributed by atoms with Crippen molar-refractivity contribution in [3.8, 4) is 17.2 Å². The highest BCUT2D eigenvalue weighted by Crippen LogP contribution is 2.36. The number of amides is 1. The molecular weight excluding hydrogens is 358 g/mol. The van der Waals surface area contributed by atoms with Crippen molar-refractivity contribution in [2.45, 2.75) is 6.42 Å². The molecule has 0 aliphatic carbocycles. The zero-order valence-corrected chi connectivity index (χ0v) is 15.2. The van der Waals surface area contributed by atoms with E-state index < -0.39 is 11.9 Å². The summed E-state index contributed by atoms with van der Waals surface area (Å²) in [6, 6.07) is 11.9. The summed E-state index contributed by atoms with van der Waals surface area (Å²) in [6.07, 6.45) is 0.0592. The summed E-state index contributed by atoms with van der Waals surface area (Å²) in [7, 11) is 3.01. The van der Waals surface area contributed by atoms with Crippen LogP contribution in [0.25, 0.3) is 0 Å². The van der Waals surface area contributed by atoms with Gasteiger partial charge in [-0.3, -0.25) is 9.59 Å². The lowest BCUT2D eigenvalue weighted by atomic mass is 10.1. The Morgan fingerprint density at radius 1 is 1.08 bits per heavy atom. The standard InChI is InChI=1S/C19H18ClNO5/c1-24-15-8-7-13(20)10-14(15)21-11-12(9-18(21)22)19(23)26-17-6-4-3-5-16(17)25-2/h3-8,10,12H,9,11H2,1-2H3/t12-/m1/s1. The van der Waals surface area contributed by atoms with Gasteiger partial charge in [-0.1, -0.05) is 23.7 Å². The Morgan fingerprint density at radius 3 is 2.46 bits per heavy atom. The molecule has 1 saturated heterocycles. The van der Waals surface area contributed by atoms with Crippen molar-refractivity contribution < 1.29 is 23.8 Å². The first kappa shape index (κ1) is 18.1. The Balaban J connectivity index is 1.77. The third-order valence-electron chi connectivity index (χ3n) is 4.17. The third kappa shape index (κ3) is 3.60. The van der Waals surface area contributed by atoms with Crippen LogP contribution in [0.4, 0.5) is 5.69 Å². The van der Waals surface area contributed by atoms with Gasteiger partial charge in [-0.05, 0) is 30.3 Å². The summed E-state index contributed by atoms with van der Waals surface area (Å²) < 4.78 is 15.9. The molecule has 26 heavy (non-hydrogen) atoms. The van der Waals surface area contributed by atoms with Gasteiger partial charge in [0, 0.05) is 18.0 Å². The first-order valence-corrected chi connectivity index (χ1v) is 8.40. The predicted molar refractivity (Wildman–Crippen MR) is 97.1 cm³/mol. The van der Waals surface area contributed by atoms with Crippen LogP contribution in [-0.4, -0.2) is 32.6 Å². The number of hydrogen-bond donors (Lipinski definition) is 0. The van der Waals surface area contributed by atoms with Gasteiger partial charge in [0.15, 0.2) is 11.5 Å². The van der Waals surface area contributed by atoms with Gasteiger partial charge in [-0.2, -0.15) is 0 Å². The summed E-state index contributed by atoms with van der Waals surface area (Å²) in [5.41, 5.74) is 0.539. The Labute approximate surface area is 156 Å². The average Bonchev–Trinajstić information content (AvgIpc) is 3.04. The highest BCUT2D eigenvalue weighted by atomic mass is 35.5. The van der Waals surface area contributed by atoms with E-state index in [1.165, 1.54) is 19.1 Å². The second-order valence-corrected chi connectivity index (χ2v) is 6.23. The van der Waals surface area contributed by atoms with Gasteiger partial charge in [0.05, 0.1) is 25.8 Å². The maximum Gasteiger partial charge on any atom is 0.316 e. The molecule has 0 unspecified atom stereocenters. The lowest BCUT2D eigenvalue weighted by Gasteiger charge is -2.19. The van der Waals surface area contributed by atoms with Crippen LogP contribution in [-0.2, 0) is 9.59 Å². The Kier molecular flexibility index (Phi) is 5.32. The number of methoxy groups -OCH3 is 2. The maximum absolute atomic E-state index is 12.5. The number of carbonyl (C=O) groups is 2. The smallest absolute Gasteiger partial charge is 0.316 e. The summed E-state index contributed by atoms with van der Waals surface area (Å²) >= 11 is 6.04. The Morgan fingerprint density at radius 2 is 1.77 bits per heavy atom. The molecule has 0 N–H and O–H groups in total. The number of halogens is 1. The van der Waals surface area contributed by atoms with Gasteiger partial charge < -0.3 is 19.1 Å². The number of carbonyl (C=O) groups excluding carboxylic acids is 2. The van der Waals surface area contributed by atoms with E-state index in [9.17, 15) is 9.59 Å². The van der Waals surface area contributed by atoms with Gasteiger partial charge in [0.1, 0.15) is 5.75 Å². The van der Waals surface area contributed by atoms with Crippen LogP contribution >= 0.6 is 11.6 Å². The van der Waals surface area contributed by atoms with Crippen molar-refractivity contribution in [3.63, 3.8) is 0 Å². The van der Waals surface area contributed by atoms with E-state index in [0.29, 0.717) is 28.0 Å². The largest absolute Gasteiger partial charge is 0.495 e. The first-order valence-electron chi connectivity index (χ1n) is 8.02. The Bertz CT molecular complexity index is 838. The molecular formula is C19H18ClNO5. The minimum Gasteiger partial charge on any atom is -0.495 e. The van der Waals surface area contributed by atoms with Crippen LogP contribution in [0.3, 0.4) is 0 Å². The molecule has 7 heteroatoms. The first-order chi connectivity index (χ1) is 12.5. The molecule has 0 bridgehead atoms. The van der Waals surface area contributed by atoms with E-state index in [2.05, 4.69) is 0 Å². The van der Waals surface area contributed by atoms with Gasteiger partial charge >= 0.3 is 5.97 Å². The van der Waals surface area contributed by atoms with Crippen LogP contribution < -0.4 is 19.1 Å². The van der Waals surface area contributed by atoms with E-state index in [1.807, 2.05) is 0 Å². The van der Waals surface area contributed by atoms with E-state index in [1.54, 1.807) is 42.5 Å². The maximum atomic E-state index is 12.5. The number of nitrogens with zero attached hydrogens (tertiary/aromatic N) is 1. The lowest BCUT2D eigenvalue weighted by Crippen LogP contribution is -2.27. The van der Waals surface area contributed by atoms with Crippen molar-refractivity contribution in [2.75, 3.05) is 25.7 Å². The minimum absolute atomic E-state index is 0.0592. The second kappa shape index (κ2) is 7.66. The summed E-state index contributed by atoms with van der Waals surface area (Å²) in [4.78, 5) is 26.5. The monoisotopic (exact) mass is 375 g/mol. The van der Waals surface area contributed by atoms with Crippen LogP contribution in [0.2, 0.25) is 5.02 Å². The van der Waals surface area contributed by atoms with E-state index in [0.717, 1.165) is 0 Å². The molecule has 0 radical (unpaired) electrons. The van der Waals surface area contributed by atoms with Crippen molar-refractivity contribution in [2.24, 2.45) is 5.92 Å². The van der Waals surface area contributed by atoms with Crippen LogP contribution in [0, 0.1) is 5.92 Å². The van der Waals surface area contributed by atoms with E-state index in [4.69, 9.17) is 25.8 Å². The molecule has 1 heterocycles. The number of para-hydroxylation sites is 2. The van der Waals surface area contributed by atoms with Gasteiger partial charge in [-0.15, -0.1) is 0 Å². The SMILES string of the molecule is COc1ccccc1OC(=O)[C@@H]1CC(=O)N(c2cc(Cl)ccc2OC)C1. The Hall–Kier alpha value is -2.73. The van der Waals surface area contributed by atoms with Crippen molar-refractivity contribution in [3.05, 3.63) is 47.5 Å². The molecule has 1 aliphatic rings. The quantitative estimate of drug-likeness (QED) is 0.592. The molecule has 0 aromatic heterocycles. The number of hydrogen-bond acceptors (Lipinski definition) is 5. The van der Waals surface area contributed by atoms with Gasteiger partial charge in [0.25, 0.3) is 0 Å². The average molecular weight is 376 g/mol. The highest BCUT2D eigenvalue weighted by Gasteiger charge is 2.37. The lowest BCUT2D eigenvalue weighted by molar-refractivity contribution is -0.139. The zero-order chi connectivity index (χ0) is 18.7. The molecule has 1 atom stereocenters. The zero-order valence-electron chi connectivity index (χ0n) is 14.4. The molecule has 0 spiro atoms. The summed E-state index contributed by atoms with van der Waals surface area (Å²) in [5.74, 6) is 0.0428. The topological polar surface area (TPSA) is 65.1 Å². The fourth-order valence-electron chi connectivity index (χ4n) is 2.87. The van der Waals surface area contributed by atoms with Crippen molar-refractivity contribution in [1.82, 2.24) is 0 Å². The van der Waals surface area contributed by atoms with Gasteiger partial charge in [-0.25, -0.2) is 0 Å². The van der Waals surface area contributed by atoms with E-state index >= 15 is 0 Å². The van der Waals surface area contributed by atoms with Crippen molar-refractivity contribution >= 4 is 29.2 Å². The van der Waals surface area contributed by atoms with Gasteiger partial charge in [0.2, 0.25) is 5.91 Å². The molecule has 3 rings (SSSR count). The minimum atomic E-state index is -0.587. The molecule has 136 valence electrons. The fourth-order valence-corrected chi connectivity index (χ4v) is 3.03. The number of rotatable bonds is 5. The highest BCUT2D eigenvalue weighted by molar-refractivity contribution is 6.31. The summed E-state index contributed by atoms with van der Waals surface area (Å²) in [5, 5.41) is 0.480. The summed E-state index contributed by atoms with van der Waals surface area (Å²) in [6.45, 7) is 0.198. The molecule has 6 nitrogen and oxygen atoms in total. The molecule has 2 aromatic carbocycles. The van der Waals surface area contributed by atoms with Crippen molar-refractivity contribution in [1.29, 1.82) is 0 Å². The molecule has 2 aromatic rings. The van der Waals surface area contributed by atoms with E-state index in [-0.39, 0.29) is 18.9 Å². The number of esters is 1. The third-order valence-corrected chi connectivity index (χ3v) is 4.40. The second-order valence-electron chi connectivity index (χ2n) is 5.79. The number of ether oxygens (including phenoxy) is 3. The number of anilines is 1. The number of benzene rings is 2. The predicted octanol–water partition coefficient (Wildman–Crippen LogP) is 3.32. The molecule has 1 aliphatic heterocycles. The van der Waals surface area contributed by atoms with Crippen LogP contribution in [0.15, 0.2) is 42.5 Å². The normalized spacial score (nSPS) is 16.5. The molecule has 1 amide bonds.